The van der Waals surface area contributed by atoms with Gasteiger partial charge in [-0.1, -0.05) is 30.3 Å². The Balaban J connectivity index is 2.30. The van der Waals surface area contributed by atoms with Crippen LogP contribution in [0.15, 0.2) is 42.5 Å². The predicted octanol–water partition coefficient (Wildman–Crippen LogP) is 5.65. The molecule has 2 N–H and O–H groups in total. The molecule has 0 fully saturated rings. The molecule has 0 saturated heterocycles. The number of aliphatic carboxylic acids is 1. The highest BCUT2D eigenvalue weighted by atomic mass is 16.5. The second kappa shape index (κ2) is 13.7. The van der Waals surface area contributed by atoms with E-state index in [4.69, 9.17) is 9.47 Å². The average Bonchev–Trinajstić information content (AvgIpc) is 2.84. The maximum Gasteiger partial charge on any atom is 0.329 e. The first kappa shape index (κ1) is 29.7. The zero-order valence-corrected chi connectivity index (χ0v) is 22.8. The van der Waals surface area contributed by atoms with Crippen LogP contribution in [-0.2, 0) is 11.2 Å². The Kier molecular flexibility index (Phi) is 11.0. The first-order valence-corrected chi connectivity index (χ1v) is 12.8. The predicted molar refractivity (Wildman–Crippen MR) is 144 cm³/mol. The Hall–Kier alpha value is -3.55. The number of ketones is 1. The van der Waals surface area contributed by atoms with Gasteiger partial charge < -0.3 is 24.8 Å². The summed E-state index contributed by atoms with van der Waals surface area (Å²) >= 11 is 0. The number of benzene rings is 2. The monoisotopic (exact) mass is 512 g/mol. The lowest BCUT2D eigenvalue weighted by Crippen LogP contribution is -2.57. The van der Waals surface area contributed by atoms with Crippen molar-refractivity contribution in [2.75, 3.05) is 19.8 Å². The molecule has 202 valence electrons. The molecule has 2 amide bonds. The quantitative estimate of drug-likeness (QED) is 0.250. The molecule has 0 bridgehead atoms. The first-order chi connectivity index (χ1) is 17.5. The molecule has 0 unspecified atom stereocenters. The summed E-state index contributed by atoms with van der Waals surface area (Å²) in [7, 11) is 0. The number of hydrogen-bond donors (Lipinski definition) is 2. The molecule has 0 radical (unpaired) electrons. The lowest BCUT2D eigenvalue weighted by Gasteiger charge is -2.40. The maximum atomic E-state index is 13.4. The van der Waals surface area contributed by atoms with E-state index >= 15 is 0 Å². The van der Waals surface area contributed by atoms with Gasteiger partial charge in [-0.15, -0.1) is 0 Å². The first-order valence-electron chi connectivity index (χ1n) is 12.8. The number of Topliss-reactive ketones (excluding diaryl/α,β-unsaturated/α-hetero) is 1. The van der Waals surface area contributed by atoms with Gasteiger partial charge in [0.25, 0.3) is 0 Å². The third kappa shape index (κ3) is 7.71. The number of hydrogen-bond acceptors (Lipinski definition) is 5. The molecular weight excluding hydrogens is 472 g/mol. The number of nitrogens with one attached hydrogen (secondary N) is 1. The Morgan fingerprint density at radius 1 is 1.00 bits per heavy atom. The SMILES string of the molecule is CCOc1cc([C@@H](C)N(C(=O)NCCCCc2ccccc2)C(C)(C)C(=O)O)cc(OCC)c1C(C)=O. The minimum atomic E-state index is -1.51. The van der Waals surface area contributed by atoms with Crippen molar-refractivity contribution in [3.63, 3.8) is 0 Å². The van der Waals surface area contributed by atoms with Crippen LogP contribution in [0.25, 0.3) is 0 Å². The second-order valence-electron chi connectivity index (χ2n) is 9.40. The van der Waals surface area contributed by atoms with Crippen molar-refractivity contribution >= 4 is 17.8 Å². The third-order valence-corrected chi connectivity index (χ3v) is 6.27. The van der Waals surface area contributed by atoms with E-state index in [0.717, 1.165) is 19.3 Å². The van der Waals surface area contributed by atoms with Gasteiger partial charge in [0, 0.05) is 6.54 Å². The average molecular weight is 513 g/mol. The molecule has 1 atom stereocenters. The van der Waals surface area contributed by atoms with Crippen molar-refractivity contribution in [3.05, 3.63) is 59.2 Å². The van der Waals surface area contributed by atoms with Crippen LogP contribution >= 0.6 is 0 Å². The van der Waals surface area contributed by atoms with Crippen molar-refractivity contribution in [2.45, 2.75) is 72.4 Å². The Morgan fingerprint density at radius 3 is 2.05 bits per heavy atom. The summed E-state index contributed by atoms with van der Waals surface area (Å²) < 4.78 is 11.5. The molecule has 0 aliphatic rings. The van der Waals surface area contributed by atoms with Gasteiger partial charge in [-0.2, -0.15) is 0 Å². The topological polar surface area (TPSA) is 105 Å². The standard InChI is InChI=1S/C29H40N2O6/c1-7-36-24-18-23(19-25(37-8-2)26(24)21(4)32)20(3)31(29(5,6)27(33)34)28(35)30-17-13-12-16-22-14-10-9-11-15-22/h9-11,14-15,18-20H,7-8,12-13,16-17H2,1-6H3,(H,30,35)(H,33,34)/t20-/m1/s1. The number of carbonyl (C=O) groups excluding carboxylic acids is 2. The van der Waals surface area contributed by atoms with Gasteiger partial charge in [0.1, 0.15) is 22.6 Å². The number of nitrogens with zero attached hydrogens (tertiary/aromatic N) is 1. The van der Waals surface area contributed by atoms with Gasteiger partial charge in [-0.05, 0) is 84.1 Å². The molecule has 0 saturated carbocycles. The van der Waals surface area contributed by atoms with Crippen LogP contribution in [0.4, 0.5) is 4.79 Å². The molecule has 0 spiro atoms. The van der Waals surface area contributed by atoms with Crippen LogP contribution in [0.2, 0.25) is 0 Å². The fourth-order valence-electron chi connectivity index (χ4n) is 4.28. The van der Waals surface area contributed by atoms with E-state index in [1.54, 1.807) is 19.1 Å². The highest BCUT2D eigenvalue weighted by Crippen LogP contribution is 2.37. The summed E-state index contributed by atoms with van der Waals surface area (Å²) in [4.78, 5) is 39.3. The molecule has 8 heteroatoms. The molecule has 2 aromatic rings. The van der Waals surface area contributed by atoms with Crippen molar-refractivity contribution < 1.29 is 29.0 Å². The number of unbranched alkanes of at least 4 members (excludes halogenated alkanes) is 1. The number of amides is 2. The number of urea groups is 1. The molecule has 8 nitrogen and oxygen atoms in total. The van der Waals surface area contributed by atoms with E-state index in [-0.39, 0.29) is 5.78 Å². The molecular formula is C29H40N2O6. The van der Waals surface area contributed by atoms with Crippen LogP contribution < -0.4 is 14.8 Å². The van der Waals surface area contributed by atoms with Crippen LogP contribution in [0.3, 0.4) is 0 Å². The van der Waals surface area contributed by atoms with Gasteiger partial charge in [0.05, 0.1) is 19.3 Å². The minimum absolute atomic E-state index is 0.206. The van der Waals surface area contributed by atoms with E-state index in [9.17, 15) is 19.5 Å². The van der Waals surface area contributed by atoms with Crippen molar-refractivity contribution in [1.29, 1.82) is 0 Å². The van der Waals surface area contributed by atoms with E-state index < -0.39 is 23.6 Å². The maximum absolute atomic E-state index is 13.4. The zero-order valence-electron chi connectivity index (χ0n) is 22.8. The molecule has 37 heavy (non-hydrogen) atoms. The summed E-state index contributed by atoms with van der Waals surface area (Å²) in [6.07, 6.45) is 2.55. The van der Waals surface area contributed by atoms with Gasteiger partial charge in [-0.3, -0.25) is 4.79 Å². The zero-order chi connectivity index (χ0) is 27.6. The van der Waals surface area contributed by atoms with E-state index in [1.807, 2.05) is 32.0 Å². The van der Waals surface area contributed by atoms with Crippen molar-refractivity contribution in [3.8, 4) is 11.5 Å². The number of aryl methyl sites for hydroxylation is 1. The van der Waals surface area contributed by atoms with Crippen LogP contribution in [0.5, 0.6) is 11.5 Å². The number of ether oxygens (including phenoxy) is 2. The fourth-order valence-corrected chi connectivity index (χ4v) is 4.28. The Labute approximate surface area is 220 Å². The lowest BCUT2D eigenvalue weighted by molar-refractivity contribution is -0.148. The highest BCUT2D eigenvalue weighted by Gasteiger charge is 2.41. The highest BCUT2D eigenvalue weighted by molar-refractivity contribution is 6.00. The Morgan fingerprint density at radius 2 is 1.57 bits per heavy atom. The van der Waals surface area contributed by atoms with Gasteiger partial charge in [-0.25, -0.2) is 9.59 Å². The number of carboxylic acids is 1. The number of rotatable bonds is 14. The van der Waals surface area contributed by atoms with Gasteiger partial charge in [0.2, 0.25) is 0 Å². The van der Waals surface area contributed by atoms with Crippen molar-refractivity contribution in [1.82, 2.24) is 10.2 Å². The van der Waals surface area contributed by atoms with Crippen molar-refractivity contribution in [2.24, 2.45) is 0 Å². The van der Waals surface area contributed by atoms with Gasteiger partial charge >= 0.3 is 12.0 Å². The van der Waals surface area contributed by atoms with Gasteiger partial charge in [0.15, 0.2) is 5.78 Å². The third-order valence-electron chi connectivity index (χ3n) is 6.27. The molecule has 0 aliphatic heterocycles. The van der Waals surface area contributed by atoms with Crippen LogP contribution in [-0.4, -0.2) is 53.1 Å². The van der Waals surface area contributed by atoms with Crippen LogP contribution in [0.1, 0.15) is 81.9 Å². The lowest BCUT2D eigenvalue weighted by atomic mass is 9.95. The summed E-state index contributed by atoms with van der Waals surface area (Å²) in [5, 5.41) is 12.9. The summed E-state index contributed by atoms with van der Waals surface area (Å²) in [5.41, 5.74) is 0.655. The number of carboxylic acid groups (broad SMARTS) is 1. The molecule has 0 heterocycles. The second-order valence-corrected chi connectivity index (χ2v) is 9.40. The largest absolute Gasteiger partial charge is 0.493 e. The normalized spacial score (nSPS) is 11.9. The molecule has 0 aromatic heterocycles. The summed E-state index contributed by atoms with van der Waals surface area (Å²) in [5.74, 6) is -0.648. The van der Waals surface area contributed by atoms with E-state index in [2.05, 4.69) is 17.4 Å². The fraction of sp³-hybridized carbons (Fsp3) is 0.483. The molecule has 0 aliphatic carbocycles. The van der Waals surface area contributed by atoms with E-state index in [1.165, 1.54) is 31.2 Å². The summed E-state index contributed by atoms with van der Waals surface area (Å²) in [6.45, 7) is 10.9. The molecule has 2 aromatic carbocycles. The number of carbonyl (C=O) groups is 3. The minimum Gasteiger partial charge on any atom is -0.493 e. The Bertz CT molecular complexity index is 1040. The molecule has 2 rings (SSSR count). The summed E-state index contributed by atoms with van der Waals surface area (Å²) in [6, 6.07) is 12.4. The van der Waals surface area contributed by atoms with Crippen LogP contribution in [0, 0.1) is 0 Å². The van der Waals surface area contributed by atoms with E-state index in [0.29, 0.717) is 42.4 Å². The smallest absolute Gasteiger partial charge is 0.329 e.